The SMILES string of the molecule is CCOC(=O)C[C@@H](C)[C@@H](NC(=O)[C@H](Cc1ccc(F)cc1)NC(C)=O)C(=O)O. The van der Waals surface area contributed by atoms with E-state index in [1.54, 1.807) is 6.92 Å². The molecular weight excluding hydrogens is 371 g/mol. The molecule has 2 amide bonds. The highest BCUT2D eigenvalue weighted by Gasteiger charge is 2.31. The van der Waals surface area contributed by atoms with Crippen molar-refractivity contribution < 1.29 is 33.4 Å². The van der Waals surface area contributed by atoms with Gasteiger partial charge in [-0.25, -0.2) is 9.18 Å². The van der Waals surface area contributed by atoms with Gasteiger partial charge >= 0.3 is 11.9 Å². The summed E-state index contributed by atoms with van der Waals surface area (Å²) in [5.41, 5.74) is 0.585. The third kappa shape index (κ3) is 7.73. The molecule has 0 radical (unpaired) electrons. The second-order valence-electron chi connectivity index (χ2n) is 6.39. The fraction of sp³-hybridized carbons (Fsp3) is 0.474. The number of hydrogen-bond donors (Lipinski definition) is 3. The minimum atomic E-state index is -1.35. The van der Waals surface area contributed by atoms with Crippen LogP contribution < -0.4 is 10.6 Å². The van der Waals surface area contributed by atoms with Gasteiger partial charge in [-0.1, -0.05) is 19.1 Å². The van der Waals surface area contributed by atoms with Crippen molar-refractivity contribution in [3.05, 3.63) is 35.6 Å². The topological polar surface area (TPSA) is 122 Å². The van der Waals surface area contributed by atoms with E-state index in [-0.39, 0.29) is 19.4 Å². The van der Waals surface area contributed by atoms with Crippen LogP contribution >= 0.6 is 0 Å². The molecule has 0 fully saturated rings. The van der Waals surface area contributed by atoms with Crippen LogP contribution in [0.4, 0.5) is 4.39 Å². The van der Waals surface area contributed by atoms with E-state index in [0.29, 0.717) is 5.56 Å². The standard InChI is InChI=1S/C19H25FN2O6/c1-4-28-16(24)9-11(2)17(19(26)27)22-18(25)15(21-12(3)23)10-13-5-7-14(20)8-6-13/h5-8,11,15,17H,4,9-10H2,1-3H3,(H,21,23)(H,22,25)(H,26,27)/t11-,15+,17-/m1/s1. The Morgan fingerprint density at radius 3 is 2.25 bits per heavy atom. The molecule has 0 saturated carbocycles. The van der Waals surface area contributed by atoms with Crippen molar-refractivity contribution in [2.24, 2.45) is 5.92 Å². The zero-order valence-corrected chi connectivity index (χ0v) is 16.0. The van der Waals surface area contributed by atoms with Gasteiger partial charge in [0.05, 0.1) is 13.0 Å². The number of rotatable bonds is 10. The first-order valence-corrected chi connectivity index (χ1v) is 8.84. The van der Waals surface area contributed by atoms with Crippen LogP contribution in [0.5, 0.6) is 0 Å². The van der Waals surface area contributed by atoms with E-state index in [1.807, 2.05) is 0 Å². The molecule has 0 aliphatic heterocycles. The van der Waals surface area contributed by atoms with Gasteiger partial charge in [0.15, 0.2) is 0 Å². The summed E-state index contributed by atoms with van der Waals surface area (Å²) in [7, 11) is 0. The lowest BCUT2D eigenvalue weighted by Crippen LogP contribution is -2.54. The molecule has 0 saturated heterocycles. The Labute approximate surface area is 162 Å². The number of hydrogen-bond acceptors (Lipinski definition) is 5. The lowest BCUT2D eigenvalue weighted by atomic mass is 9.97. The third-order valence-corrected chi connectivity index (χ3v) is 3.97. The van der Waals surface area contributed by atoms with Gasteiger partial charge in [-0.3, -0.25) is 14.4 Å². The van der Waals surface area contributed by atoms with Crippen molar-refractivity contribution in [3.63, 3.8) is 0 Å². The van der Waals surface area contributed by atoms with Crippen molar-refractivity contribution in [1.29, 1.82) is 0 Å². The van der Waals surface area contributed by atoms with E-state index in [9.17, 15) is 28.7 Å². The highest BCUT2D eigenvalue weighted by molar-refractivity contribution is 5.90. The van der Waals surface area contributed by atoms with Crippen LogP contribution in [0.1, 0.15) is 32.8 Å². The minimum Gasteiger partial charge on any atom is -0.480 e. The first-order chi connectivity index (χ1) is 13.1. The Kier molecular flexibility index (Phi) is 9.07. The van der Waals surface area contributed by atoms with Gasteiger partial charge in [0.2, 0.25) is 11.8 Å². The number of aliphatic carboxylic acids is 1. The van der Waals surface area contributed by atoms with Gasteiger partial charge in [0, 0.05) is 13.3 Å². The molecule has 0 heterocycles. The van der Waals surface area contributed by atoms with Gasteiger partial charge in [0.1, 0.15) is 17.9 Å². The molecule has 1 rings (SSSR count). The monoisotopic (exact) mass is 396 g/mol. The smallest absolute Gasteiger partial charge is 0.326 e. The Hall–Kier alpha value is -2.97. The van der Waals surface area contributed by atoms with Crippen LogP contribution in [-0.4, -0.2) is 47.6 Å². The van der Waals surface area contributed by atoms with Crippen LogP contribution in [0.2, 0.25) is 0 Å². The predicted molar refractivity (Wildman–Crippen MR) is 97.7 cm³/mol. The molecule has 3 N–H and O–H groups in total. The maximum absolute atomic E-state index is 13.0. The van der Waals surface area contributed by atoms with Gasteiger partial charge in [-0.2, -0.15) is 0 Å². The van der Waals surface area contributed by atoms with Gasteiger partial charge < -0.3 is 20.5 Å². The summed E-state index contributed by atoms with van der Waals surface area (Å²) in [6, 6.07) is 2.98. The number of nitrogens with one attached hydrogen (secondary N) is 2. The van der Waals surface area contributed by atoms with E-state index < -0.39 is 47.6 Å². The Bertz CT molecular complexity index is 707. The van der Waals surface area contributed by atoms with E-state index >= 15 is 0 Å². The largest absolute Gasteiger partial charge is 0.480 e. The third-order valence-electron chi connectivity index (χ3n) is 3.97. The molecule has 154 valence electrons. The number of halogens is 1. The molecule has 8 nitrogen and oxygen atoms in total. The van der Waals surface area contributed by atoms with Crippen molar-refractivity contribution >= 4 is 23.8 Å². The predicted octanol–water partition coefficient (Wildman–Crippen LogP) is 1.03. The second kappa shape index (κ2) is 11.0. The first-order valence-electron chi connectivity index (χ1n) is 8.84. The molecule has 1 aromatic rings. The van der Waals surface area contributed by atoms with E-state index in [0.717, 1.165) is 0 Å². The normalized spacial score (nSPS) is 13.7. The molecule has 0 aliphatic carbocycles. The molecule has 3 atom stereocenters. The Balaban J connectivity index is 2.89. The zero-order valence-electron chi connectivity index (χ0n) is 16.0. The Morgan fingerprint density at radius 2 is 1.75 bits per heavy atom. The second-order valence-corrected chi connectivity index (χ2v) is 6.39. The lowest BCUT2D eigenvalue weighted by molar-refractivity contribution is -0.147. The quantitative estimate of drug-likeness (QED) is 0.508. The maximum atomic E-state index is 13.0. The number of carbonyl (C=O) groups is 4. The van der Waals surface area contributed by atoms with Crippen LogP contribution in [-0.2, 0) is 30.3 Å². The summed E-state index contributed by atoms with van der Waals surface area (Å²) >= 11 is 0. The fourth-order valence-corrected chi connectivity index (χ4v) is 2.61. The maximum Gasteiger partial charge on any atom is 0.326 e. The summed E-state index contributed by atoms with van der Waals surface area (Å²) in [5, 5.41) is 14.2. The molecule has 0 unspecified atom stereocenters. The number of amides is 2. The molecule has 0 aliphatic rings. The summed E-state index contributed by atoms with van der Waals surface area (Å²) < 4.78 is 17.9. The summed E-state index contributed by atoms with van der Waals surface area (Å²) in [6.07, 6.45) is -0.141. The van der Waals surface area contributed by atoms with Crippen LogP contribution in [0.15, 0.2) is 24.3 Å². The number of carboxylic acid groups (broad SMARTS) is 1. The highest BCUT2D eigenvalue weighted by Crippen LogP contribution is 2.12. The molecule has 9 heteroatoms. The average Bonchev–Trinajstić information content (AvgIpc) is 2.60. The van der Waals surface area contributed by atoms with E-state index in [2.05, 4.69) is 10.6 Å². The molecule has 28 heavy (non-hydrogen) atoms. The first kappa shape index (κ1) is 23.1. The van der Waals surface area contributed by atoms with Gasteiger partial charge in [-0.15, -0.1) is 0 Å². The molecule has 0 aromatic heterocycles. The van der Waals surface area contributed by atoms with Crippen LogP contribution in [0, 0.1) is 11.7 Å². The number of carbonyl (C=O) groups excluding carboxylic acids is 3. The van der Waals surface area contributed by atoms with Crippen molar-refractivity contribution in [1.82, 2.24) is 10.6 Å². The summed E-state index contributed by atoms with van der Waals surface area (Å²) in [6.45, 7) is 4.52. The molecule has 1 aromatic carbocycles. The van der Waals surface area contributed by atoms with Crippen LogP contribution in [0.3, 0.4) is 0 Å². The van der Waals surface area contributed by atoms with Gasteiger partial charge in [-0.05, 0) is 30.5 Å². The molecule has 0 spiro atoms. The number of carboxylic acids is 1. The Morgan fingerprint density at radius 1 is 1.14 bits per heavy atom. The lowest BCUT2D eigenvalue weighted by Gasteiger charge is -2.24. The van der Waals surface area contributed by atoms with Crippen molar-refractivity contribution in [2.75, 3.05) is 6.61 Å². The molecule has 0 bridgehead atoms. The minimum absolute atomic E-state index is 0.0459. The number of ether oxygens (including phenoxy) is 1. The average molecular weight is 396 g/mol. The fourth-order valence-electron chi connectivity index (χ4n) is 2.61. The van der Waals surface area contributed by atoms with E-state index in [1.165, 1.54) is 38.1 Å². The number of esters is 1. The molecular formula is C19H25FN2O6. The highest BCUT2D eigenvalue weighted by atomic mass is 19.1. The van der Waals surface area contributed by atoms with Crippen LogP contribution in [0.25, 0.3) is 0 Å². The van der Waals surface area contributed by atoms with Crippen molar-refractivity contribution in [3.8, 4) is 0 Å². The summed E-state index contributed by atoms with van der Waals surface area (Å²) in [5.74, 6) is -4.25. The van der Waals surface area contributed by atoms with E-state index in [4.69, 9.17) is 4.74 Å². The zero-order chi connectivity index (χ0) is 21.3. The summed E-state index contributed by atoms with van der Waals surface area (Å²) in [4.78, 5) is 47.2. The van der Waals surface area contributed by atoms with Crippen molar-refractivity contribution in [2.45, 2.75) is 45.7 Å². The van der Waals surface area contributed by atoms with Gasteiger partial charge in [0.25, 0.3) is 0 Å². The number of benzene rings is 1.